The average molecular weight is 265 g/mol. The van der Waals surface area contributed by atoms with Crippen molar-refractivity contribution in [1.82, 2.24) is 5.32 Å². The minimum absolute atomic E-state index is 0.303. The molecule has 6 heteroatoms. The molecule has 0 aliphatic heterocycles. The molecule has 0 spiro atoms. The Kier molecular flexibility index (Phi) is 3.59. The third-order valence-electron chi connectivity index (χ3n) is 2.39. The lowest BCUT2D eigenvalue weighted by Gasteiger charge is -2.06. The summed E-state index contributed by atoms with van der Waals surface area (Å²) in [6.45, 7) is -0.303. The van der Waals surface area contributed by atoms with Crippen LogP contribution < -0.4 is 5.32 Å². The van der Waals surface area contributed by atoms with Gasteiger partial charge in [0.1, 0.15) is 0 Å². The number of carboxylic acids is 1. The number of thiophene rings is 1. The average Bonchev–Trinajstić information content (AvgIpc) is 2.79. The summed E-state index contributed by atoms with van der Waals surface area (Å²) >= 11 is 1.32. The molecule has 0 radical (unpaired) electrons. The highest BCUT2D eigenvalue weighted by atomic mass is 32.1. The van der Waals surface area contributed by atoms with Gasteiger partial charge in [0.2, 0.25) is 0 Å². The number of aliphatic hydroxyl groups is 1. The second-order valence-corrected chi connectivity index (χ2v) is 4.80. The van der Waals surface area contributed by atoms with E-state index in [1.807, 2.05) is 24.3 Å². The zero-order valence-corrected chi connectivity index (χ0v) is 10.1. The van der Waals surface area contributed by atoms with Crippen LogP contribution in [0.25, 0.3) is 10.1 Å². The molecule has 1 aromatic carbocycles. The van der Waals surface area contributed by atoms with Gasteiger partial charge in [0.25, 0.3) is 5.91 Å². The van der Waals surface area contributed by atoms with E-state index in [4.69, 9.17) is 10.2 Å². The van der Waals surface area contributed by atoms with Crippen molar-refractivity contribution in [2.75, 3.05) is 6.54 Å². The summed E-state index contributed by atoms with van der Waals surface area (Å²) in [5.41, 5.74) is 0. The summed E-state index contributed by atoms with van der Waals surface area (Å²) in [4.78, 5) is 22.6. The Labute approximate surface area is 107 Å². The number of carbonyl (C=O) groups excluding carboxylic acids is 1. The lowest BCUT2D eigenvalue weighted by molar-refractivity contribution is -0.146. The molecule has 1 unspecified atom stereocenters. The Morgan fingerprint density at radius 2 is 2.06 bits per heavy atom. The number of hydrogen-bond donors (Lipinski definition) is 3. The van der Waals surface area contributed by atoms with Gasteiger partial charge in [-0.25, -0.2) is 4.79 Å². The molecule has 0 aliphatic carbocycles. The molecular weight excluding hydrogens is 254 g/mol. The van der Waals surface area contributed by atoms with E-state index >= 15 is 0 Å². The summed E-state index contributed by atoms with van der Waals surface area (Å²) in [6.07, 6.45) is -1.58. The van der Waals surface area contributed by atoms with E-state index in [1.54, 1.807) is 6.07 Å². The molecule has 1 amide bonds. The largest absolute Gasteiger partial charge is 0.479 e. The van der Waals surface area contributed by atoms with Crippen LogP contribution >= 0.6 is 11.3 Å². The maximum absolute atomic E-state index is 11.7. The fraction of sp³-hybridized carbons (Fsp3) is 0.167. The van der Waals surface area contributed by atoms with Crippen LogP contribution in [0.4, 0.5) is 0 Å². The number of rotatable bonds is 4. The highest BCUT2D eigenvalue weighted by Gasteiger charge is 2.16. The molecule has 1 aromatic heterocycles. The zero-order chi connectivity index (χ0) is 13.1. The van der Waals surface area contributed by atoms with Crippen molar-refractivity contribution in [1.29, 1.82) is 0 Å². The van der Waals surface area contributed by atoms with Gasteiger partial charge in [-0.1, -0.05) is 18.2 Å². The van der Waals surface area contributed by atoms with Gasteiger partial charge in [0.15, 0.2) is 6.10 Å². The second kappa shape index (κ2) is 5.16. The SMILES string of the molecule is O=C(NCC(O)C(=O)O)c1cc2ccccc2s1. The molecule has 0 saturated heterocycles. The van der Waals surface area contributed by atoms with Gasteiger partial charge < -0.3 is 15.5 Å². The van der Waals surface area contributed by atoms with Crippen molar-refractivity contribution in [2.24, 2.45) is 0 Å². The number of nitrogens with one attached hydrogen (secondary N) is 1. The number of hydrogen-bond acceptors (Lipinski definition) is 4. The summed E-state index contributed by atoms with van der Waals surface area (Å²) in [6, 6.07) is 9.31. The van der Waals surface area contributed by atoms with E-state index in [1.165, 1.54) is 11.3 Å². The minimum Gasteiger partial charge on any atom is -0.479 e. The molecule has 1 atom stereocenters. The van der Waals surface area contributed by atoms with Crippen LogP contribution in [0.5, 0.6) is 0 Å². The van der Waals surface area contributed by atoms with Gasteiger partial charge in [0, 0.05) is 4.70 Å². The number of benzene rings is 1. The molecule has 0 bridgehead atoms. The van der Waals surface area contributed by atoms with E-state index in [9.17, 15) is 9.59 Å². The summed E-state index contributed by atoms with van der Waals surface area (Å²) < 4.78 is 0.987. The number of amides is 1. The van der Waals surface area contributed by atoms with Crippen molar-refractivity contribution in [2.45, 2.75) is 6.10 Å². The molecule has 94 valence electrons. The fourth-order valence-corrected chi connectivity index (χ4v) is 2.44. The van der Waals surface area contributed by atoms with Gasteiger partial charge in [-0.05, 0) is 17.5 Å². The predicted molar refractivity (Wildman–Crippen MR) is 67.8 cm³/mol. The Hall–Kier alpha value is -1.92. The van der Waals surface area contributed by atoms with E-state index in [-0.39, 0.29) is 12.5 Å². The molecule has 2 rings (SSSR count). The van der Waals surface area contributed by atoms with Crippen LogP contribution in [-0.2, 0) is 4.79 Å². The normalized spacial score (nSPS) is 12.3. The number of fused-ring (bicyclic) bond motifs is 1. The molecular formula is C12H11NO4S. The molecule has 1 heterocycles. The zero-order valence-electron chi connectivity index (χ0n) is 9.29. The van der Waals surface area contributed by atoms with Crippen molar-refractivity contribution in [3.05, 3.63) is 35.2 Å². The van der Waals surface area contributed by atoms with Crippen LogP contribution in [0.1, 0.15) is 9.67 Å². The Morgan fingerprint density at radius 3 is 2.72 bits per heavy atom. The first kappa shape index (κ1) is 12.5. The highest BCUT2D eigenvalue weighted by Crippen LogP contribution is 2.24. The lowest BCUT2D eigenvalue weighted by Crippen LogP contribution is -2.36. The molecule has 2 aromatic rings. The quantitative estimate of drug-likeness (QED) is 0.772. The topological polar surface area (TPSA) is 86.6 Å². The van der Waals surface area contributed by atoms with Crippen molar-refractivity contribution >= 4 is 33.3 Å². The van der Waals surface area contributed by atoms with Gasteiger partial charge in [-0.15, -0.1) is 11.3 Å². The number of carboxylic acid groups (broad SMARTS) is 1. The summed E-state index contributed by atoms with van der Waals surface area (Å²) in [5, 5.41) is 20.9. The van der Waals surface area contributed by atoms with Gasteiger partial charge in [0.05, 0.1) is 11.4 Å². The van der Waals surface area contributed by atoms with Crippen LogP contribution in [0.3, 0.4) is 0 Å². The lowest BCUT2D eigenvalue weighted by atomic mass is 10.2. The smallest absolute Gasteiger partial charge is 0.334 e. The van der Waals surface area contributed by atoms with Crippen molar-refractivity contribution < 1.29 is 19.8 Å². The maximum atomic E-state index is 11.7. The van der Waals surface area contributed by atoms with Crippen molar-refractivity contribution in [3.8, 4) is 0 Å². The van der Waals surface area contributed by atoms with Crippen LogP contribution in [0, 0.1) is 0 Å². The maximum Gasteiger partial charge on any atom is 0.334 e. The number of carbonyl (C=O) groups is 2. The van der Waals surface area contributed by atoms with Gasteiger partial charge >= 0.3 is 5.97 Å². The first-order valence-electron chi connectivity index (χ1n) is 5.25. The Bertz CT molecular complexity index is 560. The highest BCUT2D eigenvalue weighted by molar-refractivity contribution is 7.20. The predicted octanol–water partition coefficient (Wildman–Crippen LogP) is 1.08. The van der Waals surface area contributed by atoms with E-state index < -0.39 is 12.1 Å². The first-order valence-corrected chi connectivity index (χ1v) is 6.07. The van der Waals surface area contributed by atoms with Gasteiger partial charge in [-0.3, -0.25) is 4.79 Å². The third-order valence-corrected chi connectivity index (χ3v) is 3.51. The van der Waals surface area contributed by atoms with Gasteiger partial charge in [-0.2, -0.15) is 0 Å². The molecule has 18 heavy (non-hydrogen) atoms. The molecule has 3 N–H and O–H groups in total. The minimum atomic E-state index is -1.58. The second-order valence-electron chi connectivity index (χ2n) is 3.71. The first-order chi connectivity index (χ1) is 8.58. The summed E-state index contributed by atoms with van der Waals surface area (Å²) in [7, 11) is 0. The molecule has 0 fully saturated rings. The standard InChI is InChI=1S/C12H11NO4S/c14-8(12(16)17)6-13-11(15)10-5-7-3-1-2-4-9(7)18-10/h1-5,8,14H,6H2,(H,13,15)(H,16,17). The monoisotopic (exact) mass is 265 g/mol. The van der Waals surface area contributed by atoms with Crippen LogP contribution in [0.15, 0.2) is 30.3 Å². The van der Waals surface area contributed by atoms with Crippen LogP contribution in [0.2, 0.25) is 0 Å². The molecule has 0 aliphatic rings. The summed E-state index contributed by atoms with van der Waals surface area (Å²) in [5.74, 6) is -1.73. The van der Waals surface area contributed by atoms with E-state index in [2.05, 4.69) is 5.32 Å². The third kappa shape index (κ3) is 2.66. The Morgan fingerprint density at radius 1 is 1.33 bits per heavy atom. The Balaban J connectivity index is 2.07. The molecule has 5 nitrogen and oxygen atoms in total. The number of aliphatic carboxylic acids is 1. The van der Waals surface area contributed by atoms with Crippen molar-refractivity contribution in [3.63, 3.8) is 0 Å². The number of aliphatic hydroxyl groups excluding tert-OH is 1. The van der Waals surface area contributed by atoms with E-state index in [0.717, 1.165) is 10.1 Å². The fourth-order valence-electron chi connectivity index (χ4n) is 1.46. The van der Waals surface area contributed by atoms with Crippen LogP contribution in [-0.4, -0.2) is 34.7 Å². The molecule has 0 saturated carbocycles. The van der Waals surface area contributed by atoms with E-state index in [0.29, 0.717) is 4.88 Å².